The molecule has 1 heterocycles. The number of amides is 2. The summed E-state index contributed by atoms with van der Waals surface area (Å²) in [6, 6.07) is 15.8. The Bertz CT molecular complexity index is 1000. The first-order valence-electron chi connectivity index (χ1n) is 9.94. The van der Waals surface area contributed by atoms with Crippen molar-refractivity contribution < 1.29 is 18.0 Å². The van der Waals surface area contributed by atoms with Crippen LogP contribution in [0.2, 0.25) is 0 Å². The monoisotopic (exact) mass is 429 g/mol. The van der Waals surface area contributed by atoms with Gasteiger partial charge in [0.05, 0.1) is 4.90 Å². The molecule has 0 atom stereocenters. The lowest BCUT2D eigenvalue weighted by Gasteiger charge is -2.30. The normalized spacial score (nSPS) is 15.5. The van der Waals surface area contributed by atoms with Gasteiger partial charge in [-0.25, -0.2) is 8.42 Å². The van der Waals surface area contributed by atoms with Gasteiger partial charge < -0.3 is 10.2 Å². The summed E-state index contributed by atoms with van der Waals surface area (Å²) in [4.78, 5) is 26.0. The Morgan fingerprint density at radius 3 is 2.37 bits per heavy atom. The quantitative estimate of drug-likeness (QED) is 0.765. The molecule has 7 nitrogen and oxygen atoms in total. The van der Waals surface area contributed by atoms with E-state index in [2.05, 4.69) is 5.32 Å². The summed E-state index contributed by atoms with van der Waals surface area (Å²) < 4.78 is 26.9. The van der Waals surface area contributed by atoms with E-state index in [0.717, 1.165) is 5.56 Å². The smallest absolute Gasteiger partial charge is 0.243 e. The van der Waals surface area contributed by atoms with E-state index >= 15 is 0 Å². The third kappa shape index (κ3) is 5.25. The number of carbonyl (C=O) groups excluding carboxylic acids is 2. The molecule has 8 heteroatoms. The Morgan fingerprint density at radius 2 is 1.73 bits per heavy atom. The van der Waals surface area contributed by atoms with E-state index in [4.69, 9.17) is 0 Å². The molecule has 1 aliphatic rings. The van der Waals surface area contributed by atoms with Crippen molar-refractivity contribution >= 4 is 27.5 Å². The van der Waals surface area contributed by atoms with Gasteiger partial charge in [-0.2, -0.15) is 4.31 Å². The third-order valence-electron chi connectivity index (χ3n) is 5.36. The van der Waals surface area contributed by atoms with Crippen molar-refractivity contribution in [2.75, 3.05) is 25.5 Å². The maximum atomic E-state index is 12.7. The van der Waals surface area contributed by atoms with E-state index < -0.39 is 10.0 Å². The highest BCUT2D eigenvalue weighted by Gasteiger charge is 2.32. The Morgan fingerprint density at radius 1 is 1.07 bits per heavy atom. The Labute approximate surface area is 177 Å². The van der Waals surface area contributed by atoms with Gasteiger partial charge in [-0.05, 0) is 42.7 Å². The van der Waals surface area contributed by atoms with Gasteiger partial charge in [0.15, 0.2) is 0 Å². The van der Waals surface area contributed by atoms with Crippen LogP contribution in [-0.4, -0.2) is 49.6 Å². The molecule has 1 N–H and O–H groups in total. The number of piperidine rings is 1. The van der Waals surface area contributed by atoms with Crippen molar-refractivity contribution in [2.45, 2.75) is 31.2 Å². The summed E-state index contributed by atoms with van der Waals surface area (Å²) in [6.07, 6.45) is 0.954. The second kappa shape index (κ2) is 9.40. The van der Waals surface area contributed by atoms with Crippen molar-refractivity contribution in [1.82, 2.24) is 9.21 Å². The Balaban J connectivity index is 1.58. The van der Waals surface area contributed by atoms with Crippen LogP contribution < -0.4 is 5.32 Å². The molecule has 0 radical (unpaired) electrons. The molecule has 3 rings (SSSR count). The fourth-order valence-corrected chi connectivity index (χ4v) is 4.97. The van der Waals surface area contributed by atoms with Crippen LogP contribution in [0.25, 0.3) is 0 Å². The van der Waals surface area contributed by atoms with Crippen LogP contribution in [0, 0.1) is 5.92 Å². The lowest BCUT2D eigenvalue weighted by Crippen LogP contribution is -2.41. The summed E-state index contributed by atoms with van der Waals surface area (Å²) in [5, 5.41) is 2.93. The fourth-order valence-electron chi connectivity index (χ4n) is 3.48. The van der Waals surface area contributed by atoms with E-state index in [0.29, 0.717) is 38.2 Å². The highest BCUT2D eigenvalue weighted by Crippen LogP contribution is 2.25. The van der Waals surface area contributed by atoms with E-state index in [1.54, 1.807) is 42.3 Å². The molecule has 0 saturated carbocycles. The molecule has 2 amide bonds. The van der Waals surface area contributed by atoms with Crippen molar-refractivity contribution in [3.63, 3.8) is 0 Å². The Kier molecular flexibility index (Phi) is 6.89. The lowest BCUT2D eigenvalue weighted by atomic mass is 9.97. The zero-order valence-corrected chi connectivity index (χ0v) is 18.1. The zero-order chi connectivity index (χ0) is 21.7. The molecule has 30 heavy (non-hydrogen) atoms. The topological polar surface area (TPSA) is 86.8 Å². The molecule has 1 saturated heterocycles. The maximum Gasteiger partial charge on any atom is 0.243 e. The van der Waals surface area contributed by atoms with Crippen molar-refractivity contribution in [2.24, 2.45) is 5.92 Å². The van der Waals surface area contributed by atoms with Gasteiger partial charge in [-0.3, -0.25) is 9.59 Å². The molecule has 160 valence electrons. The number of benzene rings is 2. The highest BCUT2D eigenvalue weighted by molar-refractivity contribution is 7.89. The number of hydrogen-bond donors (Lipinski definition) is 1. The van der Waals surface area contributed by atoms with Gasteiger partial charge >= 0.3 is 0 Å². The van der Waals surface area contributed by atoms with Gasteiger partial charge in [-0.15, -0.1) is 0 Å². The number of nitrogens with one attached hydrogen (secondary N) is 1. The first-order chi connectivity index (χ1) is 14.3. The van der Waals surface area contributed by atoms with Crippen LogP contribution in [0.15, 0.2) is 59.5 Å². The molecule has 1 fully saturated rings. The first kappa shape index (κ1) is 22.0. The molecule has 2 aromatic carbocycles. The van der Waals surface area contributed by atoms with Gasteiger partial charge in [0.25, 0.3) is 0 Å². The van der Waals surface area contributed by atoms with Crippen LogP contribution in [-0.2, 0) is 26.2 Å². The first-order valence-corrected chi connectivity index (χ1v) is 11.4. The standard InChI is InChI=1S/C22H27N3O4S/c1-17(26)24(2)16-18-7-6-8-20(15-18)23-22(27)19-11-13-25(14-12-19)30(28,29)21-9-4-3-5-10-21/h3-10,15,19H,11-14,16H2,1-2H3,(H,23,27). The van der Waals surface area contributed by atoms with Gasteiger partial charge in [-0.1, -0.05) is 30.3 Å². The van der Waals surface area contributed by atoms with Crippen molar-refractivity contribution in [1.29, 1.82) is 0 Å². The van der Waals surface area contributed by atoms with Gasteiger partial charge in [0.2, 0.25) is 21.8 Å². The van der Waals surface area contributed by atoms with E-state index in [-0.39, 0.29) is 22.6 Å². The molecule has 0 aromatic heterocycles. The minimum Gasteiger partial charge on any atom is -0.342 e. The highest BCUT2D eigenvalue weighted by atomic mass is 32.2. The van der Waals surface area contributed by atoms with Crippen molar-refractivity contribution in [3.05, 3.63) is 60.2 Å². The average Bonchev–Trinajstić information content (AvgIpc) is 2.74. The number of anilines is 1. The number of carbonyl (C=O) groups is 2. The molecule has 0 unspecified atom stereocenters. The predicted octanol–water partition coefficient (Wildman–Crippen LogP) is 2.70. The largest absolute Gasteiger partial charge is 0.342 e. The molecule has 1 aliphatic heterocycles. The molecular formula is C22H27N3O4S. The van der Waals surface area contributed by atoms with Gasteiger partial charge in [0.1, 0.15) is 0 Å². The van der Waals surface area contributed by atoms with Crippen LogP contribution in [0.4, 0.5) is 5.69 Å². The molecule has 2 aromatic rings. The van der Waals surface area contributed by atoms with E-state index in [9.17, 15) is 18.0 Å². The number of nitrogens with zero attached hydrogens (tertiary/aromatic N) is 2. The average molecular weight is 430 g/mol. The molecule has 0 spiro atoms. The molecule has 0 aliphatic carbocycles. The fraction of sp³-hybridized carbons (Fsp3) is 0.364. The molecule has 0 bridgehead atoms. The van der Waals surface area contributed by atoms with E-state index in [1.165, 1.54) is 11.2 Å². The van der Waals surface area contributed by atoms with Crippen LogP contribution in [0.5, 0.6) is 0 Å². The van der Waals surface area contributed by atoms with Gasteiger partial charge in [0, 0.05) is 45.2 Å². The zero-order valence-electron chi connectivity index (χ0n) is 17.2. The second-order valence-corrected chi connectivity index (χ2v) is 9.49. The number of sulfonamides is 1. The summed E-state index contributed by atoms with van der Waals surface area (Å²) in [5.74, 6) is -0.374. The van der Waals surface area contributed by atoms with E-state index in [1.807, 2.05) is 24.3 Å². The third-order valence-corrected chi connectivity index (χ3v) is 7.27. The maximum absolute atomic E-state index is 12.7. The minimum atomic E-state index is -3.52. The minimum absolute atomic E-state index is 0.0262. The SMILES string of the molecule is CC(=O)N(C)Cc1cccc(NC(=O)C2CCN(S(=O)(=O)c3ccccc3)CC2)c1. The number of hydrogen-bond acceptors (Lipinski definition) is 4. The van der Waals surface area contributed by atoms with Crippen LogP contribution in [0.1, 0.15) is 25.3 Å². The second-order valence-electron chi connectivity index (χ2n) is 7.56. The summed E-state index contributed by atoms with van der Waals surface area (Å²) in [6.45, 7) is 2.61. The lowest BCUT2D eigenvalue weighted by molar-refractivity contribution is -0.128. The van der Waals surface area contributed by atoms with Crippen molar-refractivity contribution in [3.8, 4) is 0 Å². The van der Waals surface area contributed by atoms with Crippen LogP contribution in [0.3, 0.4) is 0 Å². The Hall–Kier alpha value is -2.71. The summed E-state index contributed by atoms with van der Waals surface area (Å²) in [7, 11) is -1.80. The van der Waals surface area contributed by atoms with Crippen LogP contribution >= 0.6 is 0 Å². The predicted molar refractivity (Wildman–Crippen MR) is 115 cm³/mol. The number of rotatable bonds is 6. The summed E-state index contributed by atoms with van der Waals surface area (Å²) in [5.41, 5.74) is 1.60. The molecular weight excluding hydrogens is 402 g/mol. The summed E-state index contributed by atoms with van der Waals surface area (Å²) >= 11 is 0.